The van der Waals surface area contributed by atoms with Crippen molar-refractivity contribution in [1.29, 1.82) is 0 Å². The number of hydrogen-bond acceptors (Lipinski definition) is 6. The van der Waals surface area contributed by atoms with Gasteiger partial charge in [0, 0.05) is 6.07 Å². The van der Waals surface area contributed by atoms with Gasteiger partial charge in [0.2, 0.25) is 8.32 Å². The Morgan fingerprint density at radius 1 is 1.07 bits per heavy atom. The van der Waals surface area contributed by atoms with Gasteiger partial charge in [0.1, 0.15) is 11.5 Å². The van der Waals surface area contributed by atoms with Crippen LogP contribution in [-0.2, 0) is 26.1 Å². The van der Waals surface area contributed by atoms with Crippen LogP contribution in [0.25, 0.3) is 0 Å². The summed E-state index contributed by atoms with van der Waals surface area (Å²) in [7, 11) is -7.07. The van der Waals surface area contributed by atoms with Gasteiger partial charge in [-0.15, -0.1) is 0 Å². The molecule has 0 aliphatic carbocycles. The van der Waals surface area contributed by atoms with Crippen LogP contribution in [0.4, 0.5) is 13.2 Å². The van der Waals surface area contributed by atoms with E-state index in [-0.39, 0.29) is 22.8 Å². The summed E-state index contributed by atoms with van der Waals surface area (Å²) in [5.41, 5.74) is -5.38. The molecule has 0 heterocycles. The molecule has 0 unspecified atom stereocenters. The van der Waals surface area contributed by atoms with Gasteiger partial charge >= 0.3 is 21.6 Å². The maximum atomic E-state index is 12.6. The first-order chi connectivity index (χ1) is 12.0. The predicted molar refractivity (Wildman–Crippen MR) is 95.6 cm³/mol. The van der Waals surface area contributed by atoms with Crippen molar-refractivity contribution in [2.24, 2.45) is 0 Å². The van der Waals surface area contributed by atoms with Crippen molar-refractivity contribution in [2.75, 3.05) is 7.11 Å². The average Bonchev–Trinajstić information content (AvgIpc) is 2.43. The molecule has 0 aromatic heterocycles. The number of esters is 1. The van der Waals surface area contributed by atoms with Crippen molar-refractivity contribution in [1.82, 2.24) is 0 Å². The topological polar surface area (TPSA) is 78.9 Å². The number of carbonyl (C=O) groups excluding carboxylic acids is 1. The Balaban J connectivity index is 3.35. The van der Waals surface area contributed by atoms with Crippen molar-refractivity contribution in [2.45, 2.75) is 50.8 Å². The second-order valence-electron chi connectivity index (χ2n) is 7.41. The number of ether oxygens (including phenoxy) is 1. The van der Waals surface area contributed by atoms with Crippen molar-refractivity contribution >= 4 is 24.4 Å². The van der Waals surface area contributed by atoms with E-state index in [4.69, 9.17) is 4.43 Å². The fraction of sp³-hybridized carbons (Fsp3) is 0.562. The lowest BCUT2D eigenvalue weighted by atomic mass is 10.1. The number of methoxy groups -OCH3 is 1. The molecule has 0 N–H and O–H groups in total. The van der Waals surface area contributed by atoms with Crippen molar-refractivity contribution in [3.63, 3.8) is 0 Å². The SMILES string of the molecule is COC(=O)Cc1cc(O[Si](C)(C)C(C)(C)C)cc(OS(=O)(=O)C(F)(F)F)c1. The minimum atomic E-state index is -5.85. The van der Waals surface area contributed by atoms with Crippen molar-refractivity contribution in [3.05, 3.63) is 23.8 Å². The molecular formula is C16H23F3O6SSi. The Labute approximate surface area is 157 Å². The van der Waals surface area contributed by atoms with E-state index in [1.807, 2.05) is 33.9 Å². The maximum Gasteiger partial charge on any atom is 0.534 e. The van der Waals surface area contributed by atoms with Crippen LogP contribution in [0, 0.1) is 0 Å². The Kier molecular flexibility index (Phi) is 6.64. The summed E-state index contributed by atoms with van der Waals surface area (Å²) < 4.78 is 75.1. The first-order valence-corrected chi connectivity index (χ1v) is 12.2. The molecule has 1 aromatic rings. The van der Waals surface area contributed by atoms with E-state index >= 15 is 0 Å². The summed E-state index contributed by atoms with van der Waals surface area (Å²) >= 11 is 0. The Morgan fingerprint density at radius 3 is 2.04 bits per heavy atom. The summed E-state index contributed by atoms with van der Waals surface area (Å²) in [6.07, 6.45) is -0.284. The molecule has 1 aromatic carbocycles. The minimum Gasteiger partial charge on any atom is -0.543 e. The van der Waals surface area contributed by atoms with Gasteiger partial charge in [-0.05, 0) is 35.8 Å². The summed E-state index contributed by atoms with van der Waals surface area (Å²) in [6, 6.07) is 3.54. The quantitative estimate of drug-likeness (QED) is 0.295. The van der Waals surface area contributed by atoms with Crippen LogP contribution in [0.15, 0.2) is 18.2 Å². The van der Waals surface area contributed by atoms with Gasteiger partial charge in [-0.1, -0.05) is 20.8 Å². The van der Waals surface area contributed by atoms with Crippen LogP contribution >= 0.6 is 0 Å². The smallest absolute Gasteiger partial charge is 0.534 e. The summed E-state index contributed by atoms with van der Waals surface area (Å²) in [6.45, 7) is 9.70. The highest BCUT2D eigenvalue weighted by atomic mass is 32.2. The zero-order valence-corrected chi connectivity index (χ0v) is 17.7. The first kappa shape index (κ1) is 23.3. The zero-order chi connectivity index (χ0) is 21.3. The normalized spacial score (nSPS) is 13.2. The van der Waals surface area contributed by atoms with Crippen LogP contribution in [0.1, 0.15) is 26.3 Å². The highest BCUT2D eigenvalue weighted by Gasteiger charge is 2.48. The molecule has 0 amide bonds. The van der Waals surface area contributed by atoms with E-state index in [1.165, 1.54) is 6.07 Å². The molecule has 6 nitrogen and oxygen atoms in total. The molecule has 0 fully saturated rings. The zero-order valence-electron chi connectivity index (χ0n) is 15.9. The lowest BCUT2D eigenvalue weighted by Gasteiger charge is -2.36. The molecule has 1 rings (SSSR count). The second kappa shape index (κ2) is 7.70. The molecule has 0 aliphatic heterocycles. The summed E-state index contributed by atoms with van der Waals surface area (Å²) in [5, 5.41) is -0.218. The molecule has 0 aliphatic rings. The average molecular weight is 429 g/mol. The Hall–Kier alpha value is -1.75. The standard InChI is InChI=1S/C16H23F3O6SSi/c1-15(2,3)27(5,6)25-13-8-11(9-14(20)23-4)7-12(10-13)24-26(21,22)16(17,18)19/h7-8,10H,9H2,1-6H3. The molecular weight excluding hydrogens is 405 g/mol. The van der Waals surface area contributed by atoms with Crippen LogP contribution in [-0.4, -0.2) is 35.3 Å². The van der Waals surface area contributed by atoms with Crippen LogP contribution in [0.2, 0.25) is 18.1 Å². The van der Waals surface area contributed by atoms with E-state index in [2.05, 4.69) is 8.92 Å². The van der Waals surface area contributed by atoms with Crippen molar-refractivity contribution in [3.8, 4) is 11.5 Å². The van der Waals surface area contributed by atoms with Crippen molar-refractivity contribution < 1.29 is 39.7 Å². The third-order valence-electron chi connectivity index (χ3n) is 4.18. The Bertz CT molecular complexity index is 797. The highest BCUT2D eigenvalue weighted by molar-refractivity contribution is 7.88. The van der Waals surface area contributed by atoms with Crippen LogP contribution < -0.4 is 8.61 Å². The third kappa shape index (κ3) is 6.13. The van der Waals surface area contributed by atoms with Gasteiger partial charge in [0.25, 0.3) is 0 Å². The minimum absolute atomic E-state index is 0.121. The number of benzene rings is 1. The van der Waals surface area contributed by atoms with E-state index in [9.17, 15) is 26.4 Å². The molecule has 11 heteroatoms. The molecule has 0 bridgehead atoms. The lowest BCUT2D eigenvalue weighted by Crippen LogP contribution is -2.43. The number of rotatable bonds is 6. The van der Waals surface area contributed by atoms with E-state index in [1.54, 1.807) is 0 Å². The first-order valence-electron chi connectivity index (χ1n) is 7.89. The number of carbonyl (C=O) groups is 1. The molecule has 0 atom stereocenters. The lowest BCUT2D eigenvalue weighted by molar-refractivity contribution is -0.139. The van der Waals surface area contributed by atoms with Gasteiger partial charge in [-0.25, -0.2) is 0 Å². The van der Waals surface area contributed by atoms with Crippen LogP contribution in [0.3, 0.4) is 0 Å². The molecule has 27 heavy (non-hydrogen) atoms. The van der Waals surface area contributed by atoms with E-state index in [0.29, 0.717) is 0 Å². The fourth-order valence-electron chi connectivity index (χ4n) is 1.70. The molecule has 0 saturated carbocycles. The highest BCUT2D eigenvalue weighted by Crippen LogP contribution is 2.39. The molecule has 154 valence electrons. The predicted octanol–water partition coefficient (Wildman–Crippen LogP) is 4.01. The molecule has 0 radical (unpaired) electrons. The number of alkyl halides is 3. The summed E-state index contributed by atoms with van der Waals surface area (Å²) in [4.78, 5) is 11.5. The van der Waals surface area contributed by atoms with E-state index < -0.39 is 35.7 Å². The van der Waals surface area contributed by atoms with Crippen LogP contribution in [0.5, 0.6) is 11.5 Å². The van der Waals surface area contributed by atoms with Gasteiger partial charge < -0.3 is 13.3 Å². The Morgan fingerprint density at radius 2 is 1.59 bits per heavy atom. The molecule has 0 saturated heterocycles. The second-order valence-corrected chi connectivity index (χ2v) is 13.7. The maximum absolute atomic E-state index is 12.6. The number of hydrogen-bond donors (Lipinski definition) is 0. The summed E-state index contributed by atoms with van der Waals surface area (Å²) in [5.74, 6) is -1.12. The largest absolute Gasteiger partial charge is 0.543 e. The number of halogens is 3. The fourth-order valence-corrected chi connectivity index (χ4v) is 3.16. The monoisotopic (exact) mass is 428 g/mol. The van der Waals surface area contributed by atoms with Gasteiger partial charge in [0.05, 0.1) is 13.5 Å². The van der Waals surface area contributed by atoms with Gasteiger partial charge in [-0.2, -0.15) is 21.6 Å². The van der Waals surface area contributed by atoms with Gasteiger partial charge in [0.15, 0.2) is 0 Å². The van der Waals surface area contributed by atoms with E-state index in [0.717, 1.165) is 19.2 Å². The van der Waals surface area contributed by atoms with Gasteiger partial charge in [-0.3, -0.25) is 4.79 Å². The molecule has 0 spiro atoms. The third-order valence-corrected chi connectivity index (χ3v) is 9.52.